The smallest absolute Gasteiger partial charge is 0.264 e. The number of hydrogen-bond donors (Lipinski definition) is 1. The van der Waals surface area contributed by atoms with Crippen LogP contribution < -0.4 is 10.5 Å². The first kappa shape index (κ1) is 13.5. The van der Waals surface area contributed by atoms with Gasteiger partial charge in [-0.2, -0.15) is 4.98 Å². The quantitative estimate of drug-likeness (QED) is 0.865. The number of aromatic nitrogens is 2. The van der Waals surface area contributed by atoms with Crippen LogP contribution in [-0.4, -0.2) is 10.1 Å². The van der Waals surface area contributed by atoms with E-state index >= 15 is 0 Å². The predicted octanol–water partition coefficient (Wildman–Crippen LogP) is 2.62. The Morgan fingerprint density at radius 2 is 2.05 bits per heavy atom. The van der Waals surface area contributed by atoms with Crippen molar-refractivity contribution in [2.45, 2.75) is 39.3 Å². The van der Waals surface area contributed by atoms with Crippen LogP contribution in [0.1, 0.15) is 43.6 Å². The lowest BCUT2D eigenvalue weighted by Crippen LogP contribution is -2.04. The van der Waals surface area contributed by atoms with Crippen LogP contribution in [0.15, 0.2) is 28.8 Å². The number of nitrogens with zero attached hydrogens (tertiary/aromatic N) is 2. The van der Waals surface area contributed by atoms with Gasteiger partial charge in [0.1, 0.15) is 5.75 Å². The normalized spacial score (nSPS) is 12.4. The summed E-state index contributed by atoms with van der Waals surface area (Å²) in [5, 5.41) is 3.87. The summed E-state index contributed by atoms with van der Waals surface area (Å²) in [6, 6.07) is 7.72. The number of benzene rings is 1. The van der Waals surface area contributed by atoms with Crippen molar-refractivity contribution in [3.8, 4) is 5.75 Å². The molecule has 0 saturated heterocycles. The van der Waals surface area contributed by atoms with Gasteiger partial charge in [0.05, 0.1) is 0 Å². The number of ether oxygens (including phenoxy) is 1. The Morgan fingerprint density at radius 3 is 2.68 bits per heavy atom. The van der Waals surface area contributed by atoms with E-state index < -0.39 is 0 Å². The summed E-state index contributed by atoms with van der Waals surface area (Å²) in [6.45, 7) is 4.31. The first-order chi connectivity index (χ1) is 9.19. The van der Waals surface area contributed by atoms with Crippen molar-refractivity contribution in [1.29, 1.82) is 0 Å². The Bertz CT molecular complexity index is 506. The Kier molecular flexibility index (Phi) is 4.52. The molecule has 0 aliphatic rings. The highest BCUT2D eigenvalue weighted by atomic mass is 16.5. The number of nitrogens with two attached hydrogens (primary N) is 1. The molecule has 102 valence electrons. The van der Waals surface area contributed by atoms with Crippen molar-refractivity contribution < 1.29 is 9.26 Å². The van der Waals surface area contributed by atoms with Gasteiger partial charge in [0.25, 0.3) is 5.89 Å². The SMILES string of the molecule is CCCc1noc(COc2ccc([C@@H](C)N)cc2)n1. The first-order valence-corrected chi connectivity index (χ1v) is 6.49. The van der Waals surface area contributed by atoms with Crippen LogP contribution in [0.5, 0.6) is 5.75 Å². The highest BCUT2D eigenvalue weighted by Gasteiger charge is 2.06. The maximum absolute atomic E-state index is 5.79. The van der Waals surface area contributed by atoms with E-state index in [0.29, 0.717) is 5.89 Å². The Labute approximate surface area is 112 Å². The summed E-state index contributed by atoms with van der Waals surface area (Å²) in [5.41, 5.74) is 6.86. The van der Waals surface area contributed by atoms with E-state index in [1.165, 1.54) is 0 Å². The second-order valence-corrected chi connectivity index (χ2v) is 4.50. The van der Waals surface area contributed by atoms with E-state index in [1.54, 1.807) is 0 Å². The molecule has 19 heavy (non-hydrogen) atoms. The minimum Gasteiger partial charge on any atom is -0.484 e. The summed E-state index contributed by atoms with van der Waals surface area (Å²) in [6.07, 6.45) is 1.82. The third kappa shape index (κ3) is 3.79. The molecule has 0 spiro atoms. The minimum atomic E-state index is 0.0293. The van der Waals surface area contributed by atoms with Crippen molar-refractivity contribution in [3.05, 3.63) is 41.5 Å². The zero-order valence-corrected chi connectivity index (χ0v) is 11.3. The molecular formula is C14H19N3O2. The third-order valence-electron chi connectivity index (χ3n) is 2.75. The van der Waals surface area contributed by atoms with Gasteiger partial charge in [0.2, 0.25) is 0 Å². The lowest BCUT2D eigenvalue weighted by molar-refractivity contribution is 0.242. The lowest BCUT2D eigenvalue weighted by Gasteiger charge is -2.07. The van der Waals surface area contributed by atoms with Crippen molar-refractivity contribution >= 4 is 0 Å². The van der Waals surface area contributed by atoms with E-state index in [0.717, 1.165) is 30.0 Å². The third-order valence-corrected chi connectivity index (χ3v) is 2.75. The van der Waals surface area contributed by atoms with Gasteiger partial charge in [-0.25, -0.2) is 0 Å². The van der Waals surface area contributed by atoms with Gasteiger partial charge in [0, 0.05) is 12.5 Å². The summed E-state index contributed by atoms with van der Waals surface area (Å²) < 4.78 is 10.7. The van der Waals surface area contributed by atoms with Crippen molar-refractivity contribution in [2.75, 3.05) is 0 Å². The molecule has 1 aromatic carbocycles. The van der Waals surface area contributed by atoms with Gasteiger partial charge in [-0.05, 0) is 31.0 Å². The number of aryl methyl sites for hydroxylation is 1. The maximum Gasteiger partial charge on any atom is 0.264 e. The minimum absolute atomic E-state index is 0.0293. The van der Waals surface area contributed by atoms with E-state index in [-0.39, 0.29) is 12.6 Å². The van der Waals surface area contributed by atoms with Crippen LogP contribution in [0, 0.1) is 0 Å². The highest BCUT2D eigenvalue weighted by Crippen LogP contribution is 2.17. The van der Waals surface area contributed by atoms with Gasteiger partial charge in [-0.15, -0.1) is 0 Å². The molecule has 0 saturated carbocycles. The molecule has 0 aliphatic heterocycles. The van der Waals surface area contributed by atoms with Crippen LogP contribution in [0.4, 0.5) is 0 Å². The molecule has 2 rings (SSSR count). The monoisotopic (exact) mass is 261 g/mol. The standard InChI is InChI=1S/C14H19N3O2/c1-3-4-13-16-14(19-17-13)9-18-12-7-5-11(6-8-12)10(2)15/h5-8,10H,3-4,9,15H2,1-2H3/t10-/m1/s1. The number of hydrogen-bond acceptors (Lipinski definition) is 5. The molecular weight excluding hydrogens is 242 g/mol. The van der Waals surface area contributed by atoms with E-state index in [9.17, 15) is 0 Å². The fourth-order valence-electron chi connectivity index (χ4n) is 1.69. The highest BCUT2D eigenvalue weighted by molar-refractivity contribution is 5.28. The van der Waals surface area contributed by atoms with E-state index in [2.05, 4.69) is 17.1 Å². The van der Waals surface area contributed by atoms with Gasteiger partial charge < -0.3 is 15.0 Å². The van der Waals surface area contributed by atoms with Crippen molar-refractivity contribution in [2.24, 2.45) is 5.73 Å². The van der Waals surface area contributed by atoms with Crippen LogP contribution in [0.3, 0.4) is 0 Å². The molecule has 0 unspecified atom stereocenters. The van der Waals surface area contributed by atoms with Crippen molar-refractivity contribution in [1.82, 2.24) is 10.1 Å². The summed E-state index contributed by atoms with van der Waals surface area (Å²) >= 11 is 0. The molecule has 1 aromatic heterocycles. The zero-order chi connectivity index (χ0) is 13.7. The Morgan fingerprint density at radius 1 is 1.32 bits per heavy atom. The maximum atomic E-state index is 5.79. The summed E-state index contributed by atoms with van der Waals surface area (Å²) in [4.78, 5) is 4.24. The fraction of sp³-hybridized carbons (Fsp3) is 0.429. The predicted molar refractivity (Wildman–Crippen MR) is 71.7 cm³/mol. The zero-order valence-electron chi connectivity index (χ0n) is 11.3. The van der Waals surface area contributed by atoms with E-state index in [4.69, 9.17) is 15.0 Å². The van der Waals surface area contributed by atoms with Crippen LogP contribution in [-0.2, 0) is 13.0 Å². The molecule has 1 atom stereocenters. The average Bonchev–Trinajstić information content (AvgIpc) is 2.85. The van der Waals surface area contributed by atoms with Crippen LogP contribution in [0.2, 0.25) is 0 Å². The Balaban J connectivity index is 1.90. The van der Waals surface area contributed by atoms with Gasteiger partial charge >= 0.3 is 0 Å². The molecule has 0 radical (unpaired) electrons. The van der Waals surface area contributed by atoms with Gasteiger partial charge in [-0.1, -0.05) is 24.2 Å². The number of rotatable bonds is 6. The van der Waals surface area contributed by atoms with Gasteiger partial charge in [0.15, 0.2) is 12.4 Å². The molecule has 0 fully saturated rings. The summed E-state index contributed by atoms with van der Waals surface area (Å²) in [5.74, 6) is 1.99. The second kappa shape index (κ2) is 6.33. The van der Waals surface area contributed by atoms with Crippen LogP contribution >= 0.6 is 0 Å². The average molecular weight is 261 g/mol. The Hall–Kier alpha value is -1.88. The first-order valence-electron chi connectivity index (χ1n) is 6.49. The van der Waals surface area contributed by atoms with E-state index in [1.807, 2.05) is 31.2 Å². The topological polar surface area (TPSA) is 74.2 Å². The fourth-order valence-corrected chi connectivity index (χ4v) is 1.69. The van der Waals surface area contributed by atoms with Crippen molar-refractivity contribution in [3.63, 3.8) is 0 Å². The molecule has 1 heterocycles. The molecule has 2 aromatic rings. The molecule has 5 heteroatoms. The molecule has 0 bridgehead atoms. The second-order valence-electron chi connectivity index (χ2n) is 4.50. The summed E-state index contributed by atoms with van der Waals surface area (Å²) in [7, 11) is 0. The van der Waals surface area contributed by atoms with Crippen LogP contribution in [0.25, 0.3) is 0 Å². The molecule has 5 nitrogen and oxygen atoms in total. The molecule has 2 N–H and O–H groups in total. The largest absolute Gasteiger partial charge is 0.484 e. The lowest BCUT2D eigenvalue weighted by atomic mass is 10.1. The molecule has 0 aliphatic carbocycles. The molecule has 0 amide bonds. The van der Waals surface area contributed by atoms with Gasteiger partial charge in [-0.3, -0.25) is 0 Å².